The number of rotatable bonds is 4. The van der Waals surface area contributed by atoms with Gasteiger partial charge in [0, 0.05) is 18.0 Å². The lowest BCUT2D eigenvalue weighted by molar-refractivity contribution is -0.124. The smallest absolute Gasteiger partial charge is 0.224 e. The highest BCUT2D eigenvalue weighted by molar-refractivity contribution is 5.85. The van der Waals surface area contributed by atoms with Gasteiger partial charge in [-0.05, 0) is 19.1 Å². The van der Waals surface area contributed by atoms with Crippen LogP contribution in [0.1, 0.15) is 25.5 Å². The van der Waals surface area contributed by atoms with Crippen LogP contribution in [-0.2, 0) is 4.79 Å². The number of carbonyl (C=O) groups is 1. The van der Waals surface area contributed by atoms with Gasteiger partial charge in [0.15, 0.2) is 0 Å². The van der Waals surface area contributed by atoms with Gasteiger partial charge in [0.05, 0.1) is 6.04 Å². The lowest BCUT2D eigenvalue weighted by Gasteiger charge is -2.18. The summed E-state index contributed by atoms with van der Waals surface area (Å²) in [5, 5.41) is 2.53. The third-order valence-corrected chi connectivity index (χ3v) is 2.59. The molecule has 1 amide bonds. The van der Waals surface area contributed by atoms with Crippen molar-refractivity contribution in [3.05, 3.63) is 35.4 Å². The zero-order valence-electron chi connectivity index (χ0n) is 10.2. The van der Waals surface area contributed by atoms with E-state index in [0.29, 0.717) is 0 Å². The molecule has 6 heteroatoms. The van der Waals surface area contributed by atoms with Crippen LogP contribution in [0.5, 0.6) is 0 Å². The molecule has 3 N–H and O–H groups in total. The van der Waals surface area contributed by atoms with Crippen molar-refractivity contribution in [1.82, 2.24) is 5.32 Å². The Balaban J connectivity index is 0.00000289. The third kappa shape index (κ3) is 3.92. The maximum Gasteiger partial charge on any atom is 0.224 e. The number of halogens is 3. The Bertz CT molecular complexity index is 395. The monoisotopic (exact) mass is 278 g/mol. The van der Waals surface area contributed by atoms with Gasteiger partial charge in [0.1, 0.15) is 11.6 Å². The topological polar surface area (TPSA) is 55.1 Å². The highest BCUT2D eigenvalue weighted by Gasteiger charge is 2.19. The van der Waals surface area contributed by atoms with E-state index in [-0.39, 0.29) is 36.3 Å². The average Bonchev–Trinajstić information content (AvgIpc) is 2.27. The highest BCUT2D eigenvalue weighted by atomic mass is 35.5. The van der Waals surface area contributed by atoms with E-state index in [1.54, 1.807) is 6.92 Å². The molecule has 0 aliphatic rings. The van der Waals surface area contributed by atoms with Gasteiger partial charge < -0.3 is 11.1 Å². The summed E-state index contributed by atoms with van der Waals surface area (Å²) in [5.41, 5.74) is 5.20. The van der Waals surface area contributed by atoms with E-state index in [2.05, 4.69) is 5.32 Å². The Morgan fingerprint density at radius 3 is 2.28 bits per heavy atom. The molecule has 2 unspecified atom stereocenters. The molecule has 0 aliphatic carbocycles. The largest absolute Gasteiger partial charge is 0.349 e. The minimum Gasteiger partial charge on any atom is -0.349 e. The van der Waals surface area contributed by atoms with E-state index in [0.717, 1.165) is 12.1 Å². The van der Waals surface area contributed by atoms with Crippen LogP contribution in [0.15, 0.2) is 18.2 Å². The van der Waals surface area contributed by atoms with E-state index < -0.39 is 17.7 Å². The molecule has 0 heterocycles. The van der Waals surface area contributed by atoms with Gasteiger partial charge >= 0.3 is 0 Å². The van der Waals surface area contributed by atoms with Gasteiger partial charge in [-0.2, -0.15) is 0 Å². The summed E-state index contributed by atoms with van der Waals surface area (Å²) in [6.45, 7) is 3.38. The van der Waals surface area contributed by atoms with E-state index in [1.807, 2.05) is 0 Å². The van der Waals surface area contributed by atoms with Gasteiger partial charge in [-0.1, -0.05) is 13.0 Å². The number of benzene rings is 1. The molecular formula is C12H17ClF2N2O. The Morgan fingerprint density at radius 2 is 1.83 bits per heavy atom. The average molecular weight is 279 g/mol. The van der Waals surface area contributed by atoms with Gasteiger partial charge in [0.2, 0.25) is 5.91 Å². The molecule has 0 radical (unpaired) electrons. The summed E-state index contributed by atoms with van der Waals surface area (Å²) in [4.78, 5) is 11.5. The molecule has 3 nitrogen and oxygen atoms in total. The number of nitrogens with two attached hydrogens (primary N) is 1. The molecule has 0 aromatic heterocycles. The summed E-state index contributed by atoms with van der Waals surface area (Å²) >= 11 is 0. The Morgan fingerprint density at radius 1 is 1.33 bits per heavy atom. The highest BCUT2D eigenvalue weighted by Crippen LogP contribution is 2.20. The molecular weight excluding hydrogens is 262 g/mol. The predicted octanol–water partition coefficient (Wildman–Crippen LogP) is 2.16. The zero-order valence-corrected chi connectivity index (χ0v) is 11.1. The number of carbonyl (C=O) groups excluding carboxylic acids is 1. The lowest BCUT2D eigenvalue weighted by atomic mass is 10.1. The first kappa shape index (κ1) is 16.8. The molecule has 0 saturated carbocycles. The van der Waals surface area contributed by atoms with Crippen molar-refractivity contribution in [1.29, 1.82) is 0 Å². The second kappa shape index (κ2) is 7.28. The van der Waals surface area contributed by atoms with Crippen molar-refractivity contribution < 1.29 is 13.6 Å². The summed E-state index contributed by atoms with van der Waals surface area (Å²) < 4.78 is 26.8. The maximum absolute atomic E-state index is 13.4. The van der Waals surface area contributed by atoms with Gasteiger partial charge in [-0.3, -0.25) is 4.79 Å². The van der Waals surface area contributed by atoms with E-state index in [9.17, 15) is 13.6 Å². The molecule has 2 atom stereocenters. The molecule has 1 aromatic rings. The van der Waals surface area contributed by atoms with Crippen molar-refractivity contribution >= 4 is 18.3 Å². The lowest BCUT2D eigenvalue weighted by Crippen LogP contribution is -2.35. The fourth-order valence-corrected chi connectivity index (χ4v) is 1.46. The number of hydrogen-bond acceptors (Lipinski definition) is 2. The summed E-state index contributed by atoms with van der Waals surface area (Å²) in [5.74, 6) is -2.04. The minimum absolute atomic E-state index is 0. The predicted molar refractivity (Wildman–Crippen MR) is 68.4 cm³/mol. The molecule has 18 heavy (non-hydrogen) atoms. The minimum atomic E-state index is -0.724. The normalized spacial score (nSPS) is 13.4. The van der Waals surface area contributed by atoms with Crippen molar-refractivity contribution in [3.8, 4) is 0 Å². The first-order valence-corrected chi connectivity index (χ1v) is 5.41. The quantitative estimate of drug-likeness (QED) is 0.887. The van der Waals surface area contributed by atoms with Crippen molar-refractivity contribution in [2.75, 3.05) is 6.54 Å². The van der Waals surface area contributed by atoms with Crippen LogP contribution >= 0.6 is 12.4 Å². The van der Waals surface area contributed by atoms with Crippen LogP contribution < -0.4 is 11.1 Å². The molecule has 0 fully saturated rings. The molecule has 0 bridgehead atoms. The molecule has 0 aliphatic heterocycles. The van der Waals surface area contributed by atoms with E-state index in [4.69, 9.17) is 5.73 Å². The molecule has 0 saturated heterocycles. The fraction of sp³-hybridized carbons (Fsp3) is 0.417. The molecule has 1 rings (SSSR count). The van der Waals surface area contributed by atoms with Crippen molar-refractivity contribution in [2.45, 2.75) is 19.9 Å². The molecule has 102 valence electrons. The summed E-state index contributed by atoms with van der Waals surface area (Å²) in [6.07, 6.45) is 0. The van der Waals surface area contributed by atoms with Gasteiger partial charge in [-0.25, -0.2) is 8.78 Å². The standard InChI is InChI=1S/C12H16F2N2O.ClH/c1-7(6-15)12(17)16-8(2)11-9(13)4-3-5-10(11)14;/h3-5,7-8H,6,15H2,1-2H3,(H,16,17);1H. The second-order valence-corrected chi connectivity index (χ2v) is 4.00. The van der Waals surface area contributed by atoms with Crippen molar-refractivity contribution in [2.24, 2.45) is 11.7 Å². The van der Waals surface area contributed by atoms with Crippen molar-refractivity contribution in [3.63, 3.8) is 0 Å². The van der Waals surface area contributed by atoms with Crippen LogP contribution in [0.3, 0.4) is 0 Å². The Hall–Kier alpha value is -1.20. The first-order chi connectivity index (χ1) is 7.97. The Kier molecular flexibility index (Phi) is 6.80. The third-order valence-electron chi connectivity index (χ3n) is 2.59. The second-order valence-electron chi connectivity index (χ2n) is 4.00. The number of nitrogens with one attached hydrogen (secondary N) is 1. The van der Waals surface area contributed by atoms with E-state index in [1.165, 1.54) is 13.0 Å². The SMILES string of the molecule is CC(CN)C(=O)NC(C)c1c(F)cccc1F.Cl. The zero-order chi connectivity index (χ0) is 13.0. The number of amides is 1. The van der Waals surface area contributed by atoms with Gasteiger partial charge in [0.25, 0.3) is 0 Å². The van der Waals surface area contributed by atoms with E-state index >= 15 is 0 Å². The van der Waals surface area contributed by atoms with Crippen LogP contribution in [-0.4, -0.2) is 12.5 Å². The molecule has 0 spiro atoms. The van der Waals surface area contributed by atoms with Crippen LogP contribution in [0, 0.1) is 17.6 Å². The summed E-state index contributed by atoms with van der Waals surface area (Å²) in [7, 11) is 0. The van der Waals surface area contributed by atoms with Crippen LogP contribution in [0.2, 0.25) is 0 Å². The fourth-order valence-electron chi connectivity index (χ4n) is 1.46. The maximum atomic E-state index is 13.4. The molecule has 1 aromatic carbocycles. The van der Waals surface area contributed by atoms with Gasteiger partial charge in [-0.15, -0.1) is 12.4 Å². The first-order valence-electron chi connectivity index (χ1n) is 5.41. The Labute approximate surface area is 111 Å². The van der Waals surface area contributed by atoms with Crippen LogP contribution in [0.25, 0.3) is 0 Å². The van der Waals surface area contributed by atoms with Crippen LogP contribution in [0.4, 0.5) is 8.78 Å². The number of hydrogen-bond donors (Lipinski definition) is 2. The summed E-state index contributed by atoms with van der Waals surface area (Å²) in [6, 6.07) is 2.88.